The highest BCUT2D eigenvalue weighted by Crippen LogP contribution is 2.27. The summed E-state index contributed by atoms with van der Waals surface area (Å²) in [6, 6.07) is 5.35. The molecule has 0 aromatic heterocycles. The molecule has 1 rings (SSSR count). The molecule has 0 aliphatic carbocycles. The zero-order chi connectivity index (χ0) is 11.8. The van der Waals surface area contributed by atoms with E-state index in [2.05, 4.69) is 5.48 Å². The quantitative estimate of drug-likeness (QED) is 0.545. The van der Waals surface area contributed by atoms with Crippen molar-refractivity contribution >= 4 is 0 Å². The Morgan fingerprint density at radius 1 is 1.06 bits per heavy atom. The Labute approximate surface area is 94.9 Å². The van der Waals surface area contributed by atoms with Crippen LogP contribution in [0.5, 0.6) is 17.2 Å². The van der Waals surface area contributed by atoms with Crippen molar-refractivity contribution < 1.29 is 19.4 Å². The molecule has 0 fully saturated rings. The van der Waals surface area contributed by atoms with Crippen LogP contribution in [-0.2, 0) is 0 Å². The van der Waals surface area contributed by atoms with Crippen molar-refractivity contribution in [2.24, 2.45) is 0 Å². The van der Waals surface area contributed by atoms with E-state index in [1.165, 1.54) is 0 Å². The third kappa shape index (κ3) is 3.96. The molecule has 0 radical (unpaired) electrons. The molecule has 0 bridgehead atoms. The number of hydrogen-bond donors (Lipinski definition) is 2. The standard InChI is InChI=1S/C11H17NO4/c1-14-9-6-10(15-2)8-11(7-9)16-5-3-4-12-13/h6-8,12-13H,3-5H2,1-2H3. The van der Waals surface area contributed by atoms with Crippen molar-refractivity contribution in [1.29, 1.82) is 0 Å². The van der Waals surface area contributed by atoms with Gasteiger partial charge in [-0.15, -0.1) is 0 Å². The van der Waals surface area contributed by atoms with E-state index in [-0.39, 0.29) is 0 Å². The van der Waals surface area contributed by atoms with E-state index < -0.39 is 0 Å². The van der Waals surface area contributed by atoms with Gasteiger partial charge in [0.15, 0.2) is 0 Å². The molecule has 0 amide bonds. The molecular weight excluding hydrogens is 210 g/mol. The molecule has 0 saturated carbocycles. The molecule has 1 aromatic rings. The Bertz CT molecular complexity index is 295. The van der Waals surface area contributed by atoms with Crippen molar-refractivity contribution in [3.05, 3.63) is 18.2 Å². The van der Waals surface area contributed by atoms with Crippen molar-refractivity contribution in [2.75, 3.05) is 27.4 Å². The zero-order valence-electron chi connectivity index (χ0n) is 9.53. The van der Waals surface area contributed by atoms with Crippen molar-refractivity contribution in [1.82, 2.24) is 5.48 Å². The topological polar surface area (TPSA) is 60.0 Å². The fourth-order valence-electron chi connectivity index (χ4n) is 1.21. The maximum atomic E-state index is 8.38. The number of nitrogens with one attached hydrogen (secondary N) is 1. The van der Waals surface area contributed by atoms with Gasteiger partial charge in [0.2, 0.25) is 0 Å². The van der Waals surface area contributed by atoms with Crippen LogP contribution in [0.15, 0.2) is 18.2 Å². The van der Waals surface area contributed by atoms with Crippen molar-refractivity contribution in [3.63, 3.8) is 0 Å². The van der Waals surface area contributed by atoms with Gasteiger partial charge in [0.05, 0.1) is 20.8 Å². The average Bonchev–Trinajstić information content (AvgIpc) is 2.34. The third-order valence-corrected chi connectivity index (χ3v) is 2.03. The van der Waals surface area contributed by atoms with E-state index in [4.69, 9.17) is 19.4 Å². The molecule has 0 aliphatic rings. The van der Waals surface area contributed by atoms with Crippen LogP contribution in [0.4, 0.5) is 0 Å². The Morgan fingerprint density at radius 2 is 1.62 bits per heavy atom. The van der Waals surface area contributed by atoms with Gasteiger partial charge in [0, 0.05) is 24.7 Å². The number of hydrogen-bond acceptors (Lipinski definition) is 5. The number of rotatable bonds is 7. The summed E-state index contributed by atoms with van der Waals surface area (Å²) in [6.45, 7) is 1.02. The largest absolute Gasteiger partial charge is 0.496 e. The molecule has 0 spiro atoms. The Kier molecular flexibility index (Phi) is 5.45. The summed E-state index contributed by atoms with van der Waals surface area (Å²) in [6.07, 6.45) is 0.718. The molecule has 2 N–H and O–H groups in total. The summed E-state index contributed by atoms with van der Waals surface area (Å²) in [7, 11) is 3.18. The summed E-state index contributed by atoms with van der Waals surface area (Å²) >= 11 is 0. The summed E-state index contributed by atoms with van der Waals surface area (Å²) in [5.74, 6) is 2.07. The van der Waals surface area contributed by atoms with Crippen molar-refractivity contribution in [2.45, 2.75) is 6.42 Å². The zero-order valence-corrected chi connectivity index (χ0v) is 9.53. The summed E-state index contributed by atoms with van der Waals surface area (Å²) in [5, 5.41) is 8.38. The monoisotopic (exact) mass is 227 g/mol. The summed E-state index contributed by atoms with van der Waals surface area (Å²) < 4.78 is 15.7. The Hall–Kier alpha value is -1.46. The van der Waals surface area contributed by atoms with Gasteiger partial charge in [0.25, 0.3) is 0 Å². The lowest BCUT2D eigenvalue weighted by molar-refractivity contribution is 0.157. The van der Waals surface area contributed by atoms with Gasteiger partial charge >= 0.3 is 0 Å². The second-order valence-electron chi connectivity index (χ2n) is 3.16. The summed E-state index contributed by atoms with van der Waals surface area (Å²) in [5.41, 5.74) is 2.07. The SMILES string of the molecule is COc1cc(OC)cc(OCCCNO)c1. The van der Waals surface area contributed by atoms with Gasteiger partial charge < -0.3 is 19.4 Å². The Balaban J connectivity index is 2.57. The molecule has 0 unspecified atom stereocenters. The van der Waals surface area contributed by atoms with E-state index in [0.717, 1.165) is 6.42 Å². The van der Waals surface area contributed by atoms with Gasteiger partial charge in [-0.2, -0.15) is 0 Å². The molecule has 5 heteroatoms. The van der Waals surface area contributed by atoms with Crippen LogP contribution >= 0.6 is 0 Å². The second kappa shape index (κ2) is 6.92. The van der Waals surface area contributed by atoms with Crippen LogP contribution in [0.2, 0.25) is 0 Å². The summed E-state index contributed by atoms with van der Waals surface area (Å²) in [4.78, 5) is 0. The van der Waals surface area contributed by atoms with Gasteiger partial charge in [-0.3, -0.25) is 0 Å². The minimum atomic E-state index is 0.501. The maximum absolute atomic E-state index is 8.38. The van der Waals surface area contributed by atoms with Crippen LogP contribution in [0.3, 0.4) is 0 Å². The minimum absolute atomic E-state index is 0.501. The van der Waals surface area contributed by atoms with Crippen LogP contribution in [-0.4, -0.2) is 32.6 Å². The third-order valence-electron chi connectivity index (χ3n) is 2.03. The molecule has 0 aliphatic heterocycles. The van der Waals surface area contributed by atoms with Crippen LogP contribution < -0.4 is 19.7 Å². The highest BCUT2D eigenvalue weighted by molar-refractivity contribution is 5.41. The maximum Gasteiger partial charge on any atom is 0.126 e. The second-order valence-corrected chi connectivity index (χ2v) is 3.16. The van der Waals surface area contributed by atoms with E-state index in [1.807, 2.05) is 0 Å². The first-order valence-electron chi connectivity index (χ1n) is 5.03. The first kappa shape index (κ1) is 12.6. The van der Waals surface area contributed by atoms with E-state index in [1.54, 1.807) is 32.4 Å². The predicted molar refractivity (Wildman–Crippen MR) is 59.4 cm³/mol. The van der Waals surface area contributed by atoms with Gasteiger partial charge in [-0.25, -0.2) is 5.48 Å². The van der Waals surface area contributed by atoms with Crippen LogP contribution in [0.25, 0.3) is 0 Å². The molecule has 16 heavy (non-hydrogen) atoms. The molecule has 0 heterocycles. The van der Waals surface area contributed by atoms with Gasteiger partial charge in [-0.05, 0) is 6.42 Å². The number of ether oxygens (including phenoxy) is 3. The first-order chi connectivity index (χ1) is 7.80. The fourth-order valence-corrected chi connectivity index (χ4v) is 1.21. The molecule has 5 nitrogen and oxygen atoms in total. The first-order valence-corrected chi connectivity index (χ1v) is 5.03. The predicted octanol–water partition coefficient (Wildman–Crippen LogP) is 1.45. The van der Waals surface area contributed by atoms with Crippen molar-refractivity contribution in [3.8, 4) is 17.2 Å². The minimum Gasteiger partial charge on any atom is -0.496 e. The average molecular weight is 227 g/mol. The Morgan fingerprint density at radius 3 is 2.12 bits per heavy atom. The molecular formula is C11H17NO4. The number of methoxy groups -OCH3 is 2. The molecule has 1 aromatic carbocycles. The van der Waals surface area contributed by atoms with E-state index in [0.29, 0.717) is 30.4 Å². The number of benzene rings is 1. The van der Waals surface area contributed by atoms with E-state index in [9.17, 15) is 0 Å². The fraction of sp³-hybridized carbons (Fsp3) is 0.455. The lowest BCUT2D eigenvalue weighted by Gasteiger charge is -2.09. The highest BCUT2D eigenvalue weighted by Gasteiger charge is 2.02. The van der Waals surface area contributed by atoms with Gasteiger partial charge in [0.1, 0.15) is 17.2 Å². The molecule has 0 atom stereocenters. The molecule has 0 saturated heterocycles. The normalized spacial score (nSPS) is 9.94. The van der Waals surface area contributed by atoms with E-state index >= 15 is 0 Å². The number of hydroxylamine groups is 1. The molecule has 90 valence electrons. The lowest BCUT2D eigenvalue weighted by atomic mass is 10.3. The van der Waals surface area contributed by atoms with Gasteiger partial charge in [-0.1, -0.05) is 0 Å². The van der Waals surface area contributed by atoms with Crippen LogP contribution in [0.1, 0.15) is 6.42 Å². The smallest absolute Gasteiger partial charge is 0.126 e. The lowest BCUT2D eigenvalue weighted by Crippen LogP contribution is -2.12. The highest BCUT2D eigenvalue weighted by atomic mass is 16.5. The van der Waals surface area contributed by atoms with Crippen LogP contribution in [0, 0.1) is 0 Å².